The van der Waals surface area contributed by atoms with Crippen LogP contribution >= 0.6 is 0 Å². The van der Waals surface area contributed by atoms with Crippen LogP contribution < -0.4 is 15.0 Å². The number of amides is 1. The Balaban J connectivity index is 1.45. The molecule has 4 rings (SSSR count). The predicted octanol–water partition coefficient (Wildman–Crippen LogP) is 4.21. The van der Waals surface area contributed by atoms with Crippen molar-refractivity contribution in [3.63, 3.8) is 0 Å². The smallest absolute Gasteiger partial charge is 0.227 e. The lowest BCUT2D eigenvalue weighted by Gasteiger charge is -2.31. The summed E-state index contributed by atoms with van der Waals surface area (Å²) in [5.41, 5.74) is -0.208. The Kier molecular flexibility index (Phi) is 6.31. The Morgan fingerprint density at radius 1 is 1.16 bits per heavy atom. The van der Waals surface area contributed by atoms with Gasteiger partial charge in [-0.05, 0) is 32.6 Å². The van der Waals surface area contributed by atoms with E-state index in [1.54, 1.807) is 7.11 Å². The first-order valence-corrected chi connectivity index (χ1v) is 10.5. The number of hydrogen-bond acceptors (Lipinski definition) is 6. The van der Waals surface area contributed by atoms with Gasteiger partial charge in [0.05, 0.1) is 24.2 Å². The number of methoxy groups -OCH3 is 1. The zero-order chi connectivity index (χ0) is 22.0. The number of aromatic nitrogens is 2. The van der Waals surface area contributed by atoms with Crippen LogP contribution in [-0.4, -0.2) is 42.2 Å². The summed E-state index contributed by atoms with van der Waals surface area (Å²) in [4.78, 5) is 22.7. The first-order valence-electron chi connectivity index (χ1n) is 10.5. The van der Waals surface area contributed by atoms with Gasteiger partial charge in [-0.15, -0.1) is 0 Å². The van der Waals surface area contributed by atoms with Crippen molar-refractivity contribution in [2.45, 2.75) is 45.1 Å². The number of ether oxygens (including phenoxy) is 2. The molecule has 0 unspecified atom stereocenters. The summed E-state index contributed by atoms with van der Waals surface area (Å²) in [6.07, 6.45) is 7.44. The summed E-state index contributed by atoms with van der Waals surface area (Å²) in [6, 6.07) is 0.948. The average molecular weight is 432 g/mol. The zero-order valence-corrected chi connectivity index (χ0v) is 17.7. The molecule has 7 nitrogen and oxygen atoms in total. The van der Waals surface area contributed by atoms with Gasteiger partial charge in [-0.2, -0.15) is 0 Å². The van der Waals surface area contributed by atoms with Crippen molar-refractivity contribution in [3.05, 3.63) is 35.7 Å². The Morgan fingerprint density at radius 3 is 2.42 bits per heavy atom. The van der Waals surface area contributed by atoms with E-state index < -0.39 is 11.6 Å². The largest absolute Gasteiger partial charge is 0.451 e. The maximum Gasteiger partial charge on any atom is 0.227 e. The lowest BCUT2D eigenvalue weighted by molar-refractivity contribution is -0.122. The molecule has 1 aliphatic carbocycles. The molecule has 1 aromatic heterocycles. The van der Waals surface area contributed by atoms with Crippen molar-refractivity contribution in [2.24, 2.45) is 5.92 Å². The summed E-state index contributed by atoms with van der Waals surface area (Å²) in [6.45, 7) is 2.97. The van der Waals surface area contributed by atoms with Crippen LogP contribution in [0.2, 0.25) is 0 Å². The number of halogens is 2. The van der Waals surface area contributed by atoms with Gasteiger partial charge in [0.1, 0.15) is 0 Å². The van der Waals surface area contributed by atoms with Crippen molar-refractivity contribution in [2.75, 3.05) is 30.4 Å². The van der Waals surface area contributed by atoms with Crippen LogP contribution in [0.1, 0.15) is 37.7 Å². The van der Waals surface area contributed by atoms with Crippen LogP contribution in [0.25, 0.3) is 0 Å². The second-order valence-corrected chi connectivity index (χ2v) is 8.03. The maximum atomic E-state index is 14.7. The fraction of sp³-hybridized carbons (Fsp3) is 0.500. The van der Waals surface area contributed by atoms with E-state index in [-0.39, 0.29) is 40.7 Å². The third kappa shape index (κ3) is 4.61. The average Bonchev–Trinajstić information content (AvgIpc) is 2.74. The molecule has 2 aliphatic rings. The molecular weight excluding hydrogens is 406 g/mol. The van der Waals surface area contributed by atoms with Crippen LogP contribution in [-0.2, 0) is 9.53 Å². The Morgan fingerprint density at radius 2 is 1.84 bits per heavy atom. The Bertz CT molecular complexity index is 943. The fourth-order valence-corrected chi connectivity index (χ4v) is 3.79. The maximum absolute atomic E-state index is 14.7. The molecule has 1 aromatic carbocycles. The van der Waals surface area contributed by atoms with E-state index in [1.807, 2.05) is 4.90 Å². The number of carbonyl (C=O) groups excluding carboxylic acids is 1. The molecule has 2 fully saturated rings. The third-order valence-corrected chi connectivity index (χ3v) is 6.02. The minimum absolute atomic E-state index is 0.0328. The molecule has 0 spiro atoms. The molecule has 2 aromatic rings. The molecular formula is C22H26F2N4O3. The number of rotatable bonds is 6. The summed E-state index contributed by atoms with van der Waals surface area (Å²) in [5, 5.41) is 2.49. The highest BCUT2D eigenvalue weighted by atomic mass is 19.1. The number of nitrogens with zero attached hydrogens (tertiary/aromatic N) is 3. The molecule has 1 saturated heterocycles. The van der Waals surface area contributed by atoms with Gasteiger partial charge >= 0.3 is 0 Å². The molecule has 166 valence electrons. The number of nitrogens with one attached hydrogen (secondary N) is 1. The normalized spacial score (nSPS) is 17.4. The summed E-state index contributed by atoms with van der Waals surface area (Å²) >= 11 is 0. The molecule has 1 amide bonds. The van der Waals surface area contributed by atoms with Crippen LogP contribution in [0.5, 0.6) is 11.5 Å². The second kappa shape index (κ2) is 9.13. The molecule has 0 atom stereocenters. The standard InChI is InChI=1S/C22H26F2N4O3/c1-13-19(24)18(27-21(29)14-4-3-5-14)10-17(23)20(13)31-16-11-25-22(26-12-16)28-8-6-15(30-2)7-9-28/h10-12,14-15H,3-9H2,1-2H3,(H,27,29). The van der Waals surface area contributed by atoms with Crippen molar-refractivity contribution in [1.82, 2.24) is 9.97 Å². The van der Waals surface area contributed by atoms with Gasteiger partial charge in [0.2, 0.25) is 11.9 Å². The lowest BCUT2D eigenvalue weighted by Crippen LogP contribution is -2.37. The zero-order valence-electron chi connectivity index (χ0n) is 17.7. The van der Waals surface area contributed by atoms with Crippen LogP contribution in [0.15, 0.2) is 18.5 Å². The summed E-state index contributed by atoms with van der Waals surface area (Å²) < 4.78 is 40.3. The van der Waals surface area contributed by atoms with E-state index in [1.165, 1.54) is 19.3 Å². The molecule has 1 N–H and O–H groups in total. The highest BCUT2D eigenvalue weighted by molar-refractivity contribution is 5.93. The SMILES string of the molecule is COC1CCN(c2ncc(Oc3c(F)cc(NC(=O)C4CCC4)c(F)c3C)cn2)CC1. The van der Waals surface area contributed by atoms with Crippen LogP contribution in [0, 0.1) is 24.5 Å². The monoisotopic (exact) mass is 432 g/mol. The first kappa shape index (κ1) is 21.4. The topological polar surface area (TPSA) is 76.6 Å². The number of hydrogen-bond donors (Lipinski definition) is 1. The first-order chi connectivity index (χ1) is 15.0. The van der Waals surface area contributed by atoms with E-state index in [4.69, 9.17) is 9.47 Å². The molecule has 0 radical (unpaired) electrons. The van der Waals surface area contributed by atoms with Crippen LogP contribution in [0.4, 0.5) is 20.4 Å². The van der Waals surface area contributed by atoms with Gasteiger partial charge in [0.25, 0.3) is 0 Å². The van der Waals surface area contributed by atoms with E-state index >= 15 is 0 Å². The Hall–Kier alpha value is -2.81. The van der Waals surface area contributed by atoms with Crippen molar-refractivity contribution < 1.29 is 23.0 Å². The highest BCUT2D eigenvalue weighted by Gasteiger charge is 2.27. The molecule has 1 saturated carbocycles. The predicted molar refractivity (Wildman–Crippen MR) is 111 cm³/mol. The number of piperidine rings is 1. The highest BCUT2D eigenvalue weighted by Crippen LogP contribution is 2.35. The number of carbonyl (C=O) groups is 1. The van der Waals surface area contributed by atoms with Gasteiger partial charge in [-0.25, -0.2) is 18.7 Å². The van der Waals surface area contributed by atoms with Gasteiger partial charge in [-0.1, -0.05) is 6.42 Å². The second-order valence-electron chi connectivity index (χ2n) is 8.03. The van der Waals surface area contributed by atoms with E-state index in [9.17, 15) is 13.6 Å². The van der Waals surface area contributed by atoms with Crippen molar-refractivity contribution in [1.29, 1.82) is 0 Å². The van der Waals surface area contributed by atoms with Gasteiger partial charge in [-0.3, -0.25) is 4.79 Å². The lowest BCUT2D eigenvalue weighted by atomic mass is 9.85. The molecule has 1 aliphatic heterocycles. The summed E-state index contributed by atoms with van der Waals surface area (Å²) in [7, 11) is 1.71. The summed E-state index contributed by atoms with van der Waals surface area (Å²) in [5.74, 6) is -1.40. The van der Waals surface area contributed by atoms with Crippen LogP contribution in [0.3, 0.4) is 0 Å². The fourth-order valence-electron chi connectivity index (χ4n) is 3.79. The minimum Gasteiger partial charge on any atom is -0.451 e. The molecule has 2 heterocycles. The van der Waals surface area contributed by atoms with Crippen molar-refractivity contribution in [3.8, 4) is 11.5 Å². The minimum atomic E-state index is -0.770. The van der Waals surface area contributed by atoms with Gasteiger partial charge in [0.15, 0.2) is 23.1 Å². The quantitative estimate of drug-likeness (QED) is 0.737. The van der Waals surface area contributed by atoms with E-state index in [0.717, 1.165) is 51.3 Å². The van der Waals surface area contributed by atoms with E-state index in [2.05, 4.69) is 15.3 Å². The van der Waals surface area contributed by atoms with Gasteiger partial charge in [0, 0.05) is 37.7 Å². The Labute approximate surface area is 179 Å². The van der Waals surface area contributed by atoms with Crippen molar-refractivity contribution >= 4 is 17.5 Å². The third-order valence-electron chi connectivity index (χ3n) is 6.02. The molecule has 9 heteroatoms. The number of benzene rings is 1. The molecule has 31 heavy (non-hydrogen) atoms. The van der Waals surface area contributed by atoms with Gasteiger partial charge < -0.3 is 19.7 Å². The van der Waals surface area contributed by atoms with E-state index in [0.29, 0.717) is 5.95 Å². The molecule has 0 bridgehead atoms. The number of anilines is 2.